The van der Waals surface area contributed by atoms with Gasteiger partial charge in [0.1, 0.15) is 0 Å². The normalized spacial score (nSPS) is 36.6. The minimum Gasteiger partial charge on any atom is -0.316 e. The Morgan fingerprint density at radius 1 is 1.54 bits per heavy atom. The Morgan fingerprint density at radius 2 is 2.38 bits per heavy atom. The molecule has 1 N–H and O–H groups in total. The maximum absolute atomic E-state index is 8.75. The second kappa shape index (κ2) is 3.35. The number of nitriles is 1. The predicted molar refractivity (Wildman–Crippen MR) is 51.9 cm³/mol. The number of nitrogens with one attached hydrogen (secondary N) is 1. The van der Waals surface area contributed by atoms with Crippen LogP contribution in [0.4, 0.5) is 0 Å². The summed E-state index contributed by atoms with van der Waals surface area (Å²) in [7, 11) is 2.02. The molecule has 0 aromatic carbocycles. The second-order valence-corrected chi connectivity index (χ2v) is 3.81. The van der Waals surface area contributed by atoms with Crippen LogP contribution in [0.25, 0.3) is 0 Å². The number of allylic oxidation sites excluding steroid dienone is 3. The second-order valence-electron chi connectivity index (χ2n) is 3.81. The molecule has 2 rings (SSSR count). The van der Waals surface area contributed by atoms with Crippen LogP contribution in [-0.4, -0.2) is 13.1 Å². The van der Waals surface area contributed by atoms with Crippen molar-refractivity contribution in [3.63, 3.8) is 0 Å². The lowest BCUT2D eigenvalue weighted by Gasteiger charge is -2.21. The van der Waals surface area contributed by atoms with Gasteiger partial charge >= 0.3 is 0 Å². The third-order valence-corrected chi connectivity index (χ3v) is 3.16. The Kier molecular flexibility index (Phi) is 2.20. The summed E-state index contributed by atoms with van der Waals surface area (Å²) in [5, 5.41) is 12.1. The first-order chi connectivity index (χ1) is 6.35. The van der Waals surface area contributed by atoms with Gasteiger partial charge in [0.2, 0.25) is 0 Å². The van der Waals surface area contributed by atoms with Crippen molar-refractivity contribution in [1.29, 1.82) is 5.26 Å². The molecule has 2 heteroatoms. The van der Waals surface area contributed by atoms with Crippen LogP contribution in [0.15, 0.2) is 23.8 Å². The Morgan fingerprint density at radius 3 is 3.08 bits per heavy atom. The van der Waals surface area contributed by atoms with Gasteiger partial charge in [-0.05, 0) is 37.8 Å². The summed E-state index contributed by atoms with van der Waals surface area (Å²) in [6.07, 6.45) is 8.72. The molecule has 3 atom stereocenters. The average Bonchev–Trinajstić information content (AvgIpc) is 2.59. The van der Waals surface area contributed by atoms with Crippen LogP contribution in [0.3, 0.4) is 0 Å². The molecular formula is C11H14N2. The zero-order chi connectivity index (χ0) is 9.26. The zero-order valence-electron chi connectivity index (χ0n) is 7.83. The zero-order valence-corrected chi connectivity index (χ0v) is 7.83. The van der Waals surface area contributed by atoms with Crippen molar-refractivity contribution in [2.24, 2.45) is 11.8 Å². The van der Waals surface area contributed by atoms with Gasteiger partial charge in [-0.25, -0.2) is 0 Å². The summed E-state index contributed by atoms with van der Waals surface area (Å²) in [5.41, 5.74) is 0.831. The molecule has 0 aromatic rings. The summed E-state index contributed by atoms with van der Waals surface area (Å²) >= 11 is 0. The molecule has 0 heterocycles. The Balaban J connectivity index is 2.17. The van der Waals surface area contributed by atoms with Crippen molar-refractivity contribution in [3.05, 3.63) is 23.8 Å². The third-order valence-electron chi connectivity index (χ3n) is 3.16. The van der Waals surface area contributed by atoms with Gasteiger partial charge in [0.25, 0.3) is 0 Å². The number of hydrogen-bond donors (Lipinski definition) is 1. The maximum Gasteiger partial charge on any atom is 0.0988 e. The first-order valence-electron chi connectivity index (χ1n) is 4.82. The van der Waals surface area contributed by atoms with Gasteiger partial charge < -0.3 is 5.32 Å². The highest BCUT2D eigenvalue weighted by molar-refractivity contribution is 5.38. The van der Waals surface area contributed by atoms with Crippen LogP contribution in [-0.2, 0) is 0 Å². The highest BCUT2D eigenvalue weighted by Crippen LogP contribution is 2.37. The van der Waals surface area contributed by atoms with Gasteiger partial charge in [0.15, 0.2) is 0 Å². The van der Waals surface area contributed by atoms with E-state index in [0.29, 0.717) is 17.9 Å². The molecule has 2 nitrogen and oxygen atoms in total. The van der Waals surface area contributed by atoms with Crippen molar-refractivity contribution in [2.75, 3.05) is 7.05 Å². The third kappa shape index (κ3) is 1.40. The van der Waals surface area contributed by atoms with Crippen molar-refractivity contribution in [3.8, 4) is 6.07 Å². The Labute approximate surface area is 78.9 Å². The average molecular weight is 174 g/mol. The van der Waals surface area contributed by atoms with E-state index in [2.05, 4.69) is 23.5 Å². The summed E-state index contributed by atoms with van der Waals surface area (Å²) in [5.74, 6) is 1.21. The molecule has 0 radical (unpaired) electrons. The van der Waals surface area contributed by atoms with E-state index in [1.807, 2.05) is 13.1 Å². The molecule has 0 aromatic heterocycles. The van der Waals surface area contributed by atoms with E-state index in [0.717, 1.165) is 5.57 Å². The first-order valence-corrected chi connectivity index (χ1v) is 4.82. The quantitative estimate of drug-likeness (QED) is 0.655. The van der Waals surface area contributed by atoms with Crippen LogP contribution in [0.5, 0.6) is 0 Å². The van der Waals surface area contributed by atoms with Crippen LogP contribution in [0.1, 0.15) is 12.8 Å². The van der Waals surface area contributed by atoms with Gasteiger partial charge in [0, 0.05) is 11.6 Å². The number of fused-ring (bicyclic) bond motifs is 1. The molecule has 0 amide bonds. The van der Waals surface area contributed by atoms with Crippen LogP contribution >= 0.6 is 0 Å². The lowest BCUT2D eigenvalue weighted by molar-refractivity contribution is 0.452. The van der Waals surface area contributed by atoms with Gasteiger partial charge in [0.05, 0.1) is 6.07 Å². The van der Waals surface area contributed by atoms with Gasteiger partial charge in [-0.15, -0.1) is 0 Å². The highest BCUT2D eigenvalue weighted by atomic mass is 14.9. The summed E-state index contributed by atoms with van der Waals surface area (Å²) in [6, 6.07) is 2.81. The van der Waals surface area contributed by atoms with Gasteiger partial charge in [-0.2, -0.15) is 5.26 Å². The Bertz CT molecular complexity index is 296. The molecule has 3 unspecified atom stereocenters. The molecule has 1 saturated carbocycles. The number of nitrogens with zero attached hydrogens (tertiary/aromatic N) is 1. The molecule has 13 heavy (non-hydrogen) atoms. The fourth-order valence-electron chi connectivity index (χ4n) is 2.44. The smallest absolute Gasteiger partial charge is 0.0988 e. The molecule has 0 saturated heterocycles. The van der Waals surface area contributed by atoms with Gasteiger partial charge in [-0.3, -0.25) is 0 Å². The fraction of sp³-hybridized carbons (Fsp3) is 0.545. The van der Waals surface area contributed by atoms with E-state index < -0.39 is 0 Å². The molecule has 1 fully saturated rings. The molecule has 0 spiro atoms. The first kappa shape index (κ1) is 8.52. The van der Waals surface area contributed by atoms with E-state index in [1.54, 1.807) is 0 Å². The predicted octanol–water partition coefficient (Wildman–Crippen LogP) is 1.62. The molecule has 2 aliphatic rings. The van der Waals surface area contributed by atoms with Crippen LogP contribution in [0, 0.1) is 23.2 Å². The number of hydrogen-bond acceptors (Lipinski definition) is 2. The summed E-state index contributed by atoms with van der Waals surface area (Å²) < 4.78 is 0. The van der Waals surface area contributed by atoms with E-state index in [1.165, 1.54) is 12.8 Å². The van der Waals surface area contributed by atoms with E-state index >= 15 is 0 Å². The molecule has 0 bridgehead atoms. The minimum atomic E-state index is 0.595. The fourth-order valence-corrected chi connectivity index (χ4v) is 2.44. The summed E-state index contributed by atoms with van der Waals surface area (Å²) in [4.78, 5) is 0. The van der Waals surface area contributed by atoms with E-state index in [9.17, 15) is 0 Å². The van der Waals surface area contributed by atoms with Crippen molar-refractivity contribution < 1.29 is 0 Å². The topological polar surface area (TPSA) is 35.8 Å². The molecule has 68 valence electrons. The molecule has 0 aliphatic heterocycles. The Hall–Kier alpha value is -1.07. The standard InChI is InChI=1S/C11H14N2/c1-13-11-5-3-9-6-8(7-12)2-4-10(9)11/h2,4,6,9-11,13H,3,5H2,1H3. The van der Waals surface area contributed by atoms with E-state index in [-0.39, 0.29) is 0 Å². The SMILES string of the molecule is CNC1CCC2C=C(C#N)C=CC21. The van der Waals surface area contributed by atoms with Crippen molar-refractivity contribution >= 4 is 0 Å². The number of rotatable bonds is 1. The maximum atomic E-state index is 8.75. The molecule has 2 aliphatic carbocycles. The lowest BCUT2D eigenvalue weighted by atomic mass is 9.87. The van der Waals surface area contributed by atoms with Crippen molar-refractivity contribution in [2.45, 2.75) is 18.9 Å². The largest absolute Gasteiger partial charge is 0.316 e. The van der Waals surface area contributed by atoms with Crippen molar-refractivity contribution in [1.82, 2.24) is 5.32 Å². The van der Waals surface area contributed by atoms with E-state index in [4.69, 9.17) is 5.26 Å². The van der Waals surface area contributed by atoms with Crippen LogP contribution < -0.4 is 5.32 Å². The van der Waals surface area contributed by atoms with Gasteiger partial charge in [-0.1, -0.05) is 12.2 Å². The highest BCUT2D eigenvalue weighted by Gasteiger charge is 2.33. The van der Waals surface area contributed by atoms with Crippen LogP contribution in [0.2, 0.25) is 0 Å². The minimum absolute atomic E-state index is 0.595. The monoisotopic (exact) mass is 174 g/mol. The lowest BCUT2D eigenvalue weighted by Crippen LogP contribution is -2.30. The summed E-state index contributed by atoms with van der Waals surface area (Å²) in [6.45, 7) is 0. The molecular weight excluding hydrogens is 160 g/mol.